The van der Waals surface area contributed by atoms with Crippen LogP contribution in [0.25, 0.3) is 0 Å². The van der Waals surface area contributed by atoms with Gasteiger partial charge in [-0.15, -0.1) is 0 Å². The summed E-state index contributed by atoms with van der Waals surface area (Å²) in [5, 5.41) is 6.90. The number of rotatable bonds is 3. The van der Waals surface area contributed by atoms with Crippen molar-refractivity contribution in [2.24, 2.45) is 23.5 Å². The number of nitrogens with one attached hydrogen (secondary N) is 1. The first kappa shape index (κ1) is 12.7. The van der Waals surface area contributed by atoms with Crippen LogP contribution in [0.1, 0.15) is 36.3 Å². The highest BCUT2D eigenvalue weighted by molar-refractivity contribution is 5.80. The fraction of sp³-hybridized carbons (Fsp3) is 0.714. The Morgan fingerprint density at radius 2 is 2.16 bits per heavy atom. The molecule has 5 heteroatoms. The Morgan fingerprint density at radius 1 is 1.42 bits per heavy atom. The Hall–Kier alpha value is -1.36. The molecule has 5 nitrogen and oxygen atoms in total. The molecular formula is C14H21N3O2. The second-order valence-electron chi connectivity index (χ2n) is 5.96. The third-order valence-corrected chi connectivity index (χ3v) is 4.90. The van der Waals surface area contributed by atoms with E-state index in [1.807, 2.05) is 13.8 Å². The molecule has 19 heavy (non-hydrogen) atoms. The number of hydrogen-bond donors (Lipinski definition) is 2. The van der Waals surface area contributed by atoms with E-state index in [4.69, 9.17) is 10.3 Å². The summed E-state index contributed by atoms with van der Waals surface area (Å²) >= 11 is 0. The van der Waals surface area contributed by atoms with Gasteiger partial charge in [-0.1, -0.05) is 5.16 Å². The van der Waals surface area contributed by atoms with E-state index in [0.717, 1.165) is 29.9 Å². The largest absolute Gasteiger partial charge is 0.361 e. The van der Waals surface area contributed by atoms with Crippen LogP contribution in [-0.4, -0.2) is 17.1 Å². The molecule has 4 atom stereocenters. The smallest absolute Gasteiger partial charge is 0.225 e. The predicted molar refractivity (Wildman–Crippen MR) is 70.1 cm³/mol. The van der Waals surface area contributed by atoms with Gasteiger partial charge < -0.3 is 15.6 Å². The van der Waals surface area contributed by atoms with Gasteiger partial charge in [0.1, 0.15) is 5.76 Å². The van der Waals surface area contributed by atoms with Gasteiger partial charge >= 0.3 is 0 Å². The number of aromatic nitrogens is 1. The lowest BCUT2D eigenvalue weighted by Crippen LogP contribution is -2.45. The van der Waals surface area contributed by atoms with Crippen LogP contribution in [-0.2, 0) is 11.3 Å². The van der Waals surface area contributed by atoms with Gasteiger partial charge in [0.15, 0.2) is 0 Å². The molecule has 0 saturated heterocycles. The molecule has 104 valence electrons. The number of hydrogen-bond acceptors (Lipinski definition) is 4. The van der Waals surface area contributed by atoms with Crippen LogP contribution < -0.4 is 11.1 Å². The lowest BCUT2D eigenvalue weighted by atomic mass is 9.84. The van der Waals surface area contributed by atoms with Crippen LogP contribution in [0.2, 0.25) is 0 Å². The van der Waals surface area contributed by atoms with Crippen LogP contribution in [0, 0.1) is 31.6 Å². The number of amides is 1. The minimum absolute atomic E-state index is 0.000720. The summed E-state index contributed by atoms with van der Waals surface area (Å²) in [6.07, 6.45) is 3.48. The normalized spacial score (nSPS) is 32.8. The Balaban J connectivity index is 1.63. The monoisotopic (exact) mass is 263 g/mol. The quantitative estimate of drug-likeness (QED) is 0.860. The zero-order valence-electron chi connectivity index (χ0n) is 11.5. The summed E-state index contributed by atoms with van der Waals surface area (Å²) in [4.78, 5) is 12.3. The van der Waals surface area contributed by atoms with Gasteiger partial charge in [0, 0.05) is 18.2 Å². The highest BCUT2D eigenvalue weighted by Gasteiger charge is 2.48. The van der Waals surface area contributed by atoms with Gasteiger partial charge in [0.2, 0.25) is 5.91 Å². The second-order valence-corrected chi connectivity index (χ2v) is 5.96. The molecule has 1 aromatic rings. The molecule has 0 aromatic carbocycles. The van der Waals surface area contributed by atoms with Gasteiger partial charge in [-0.3, -0.25) is 4.79 Å². The summed E-state index contributed by atoms with van der Waals surface area (Å²) in [6, 6.07) is 0.0448. The molecule has 1 amide bonds. The van der Waals surface area contributed by atoms with Crippen LogP contribution in [0.5, 0.6) is 0 Å². The molecule has 2 fully saturated rings. The maximum Gasteiger partial charge on any atom is 0.225 e. The summed E-state index contributed by atoms with van der Waals surface area (Å²) in [7, 11) is 0. The molecule has 4 unspecified atom stereocenters. The van der Waals surface area contributed by atoms with E-state index in [9.17, 15) is 4.79 Å². The maximum atomic E-state index is 12.3. The van der Waals surface area contributed by atoms with Crippen LogP contribution >= 0.6 is 0 Å². The standard InChI is InChI=1S/C14H21N3O2/c1-7-11(8(2)19-17-7)6-16-14(18)12-9-3-4-10(5-9)13(12)15/h9-10,12-13H,3-6,15H2,1-2H3,(H,16,18). The number of fused-ring (bicyclic) bond motifs is 2. The van der Waals surface area contributed by atoms with E-state index in [2.05, 4.69) is 10.5 Å². The van der Waals surface area contributed by atoms with Crippen molar-refractivity contribution in [2.45, 2.75) is 45.7 Å². The molecule has 0 radical (unpaired) electrons. The maximum absolute atomic E-state index is 12.3. The van der Waals surface area contributed by atoms with Crippen molar-refractivity contribution < 1.29 is 9.32 Å². The van der Waals surface area contributed by atoms with E-state index in [0.29, 0.717) is 18.4 Å². The van der Waals surface area contributed by atoms with Gasteiger partial charge in [-0.05, 0) is 44.9 Å². The minimum atomic E-state index is -0.000720. The Labute approximate surface area is 112 Å². The first-order valence-electron chi connectivity index (χ1n) is 7.03. The molecule has 2 saturated carbocycles. The van der Waals surface area contributed by atoms with E-state index in [1.54, 1.807) is 0 Å². The molecule has 0 spiro atoms. The summed E-state index contributed by atoms with van der Waals surface area (Å²) in [5.74, 6) is 1.92. The SMILES string of the molecule is Cc1noc(C)c1CNC(=O)C1C2CCC(C2)C1N. The molecule has 3 rings (SSSR count). The zero-order valence-corrected chi connectivity index (χ0v) is 11.5. The minimum Gasteiger partial charge on any atom is -0.361 e. The lowest BCUT2D eigenvalue weighted by Gasteiger charge is -2.26. The topological polar surface area (TPSA) is 81.2 Å². The average molecular weight is 263 g/mol. The van der Waals surface area contributed by atoms with Crippen molar-refractivity contribution in [1.82, 2.24) is 10.5 Å². The van der Waals surface area contributed by atoms with Gasteiger partial charge in [0.05, 0.1) is 11.6 Å². The van der Waals surface area contributed by atoms with Gasteiger partial charge in [-0.2, -0.15) is 0 Å². The van der Waals surface area contributed by atoms with Gasteiger partial charge in [0.25, 0.3) is 0 Å². The zero-order chi connectivity index (χ0) is 13.6. The van der Waals surface area contributed by atoms with Crippen molar-refractivity contribution in [1.29, 1.82) is 0 Å². The van der Waals surface area contributed by atoms with Crippen molar-refractivity contribution >= 4 is 5.91 Å². The van der Waals surface area contributed by atoms with E-state index in [-0.39, 0.29) is 17.9 Å². The third-order valence-electron chi connectivity index (χ3n) is 4.90. The average Bonchev–Trinajstić information content (AvgIpc) is 3.04. The Morgan fingerprint density at radius 3 is 2.74 bits per heavy atom. The van der Waals surface area contributed by atoms with E-state index in [1.165, 1.54) is 6.42 Å². The number of aryl methyl sites for hydroxylation is 2. The fourth-order valence-corrected chi connectivity index (χ4v) is 3.77. The van der Waals surface area contributed by atoms with Crippen molar-refractivity contribution in [2.75, 3.05) is 0 Å². The highest BCUT2D eigenvalue weighted by atomic mass is 16.5. The number of carbonyl (C=O) groups is 1. The highest BCUT2D eigenvalue weighted by Crippen LogP contribution is 2.47. The number of nitrogens with two attached hydrogens (primary N) is 1. The van der Waals surface area contributed by atoms with E-state index < -0.39 is 0 Å². The first-order valence-corrected chi connectivity index (χ1v) is 7.03. The van der Waals surface area contributed by atoms with Crippen molar-refractivity contribution in [3.63, 3.8) is 0 Å². The van der Waals surface area contributed by atoms with Crippen LogP contribution in [0.15, 0.2) is 4.52 Å². The third kappa shape index (κ3) is 2.06. The molecule has 2 bridgehead atoms. The van der Waals surface area contributed by atoms with E-state index >= 15 is 0 Å². The molecule has 2 aliphatic rings. The molecule has 1 heterocycles. The summed E-state index contributed by atoms with van der Waals surface area (Å²) < 4.78 is 5.10. The van der Waals surface area contributed by atoms with Gasteiger partial charge in [-0.25, -0.2) is 0 Å². The molecule has 1 aromatic heterocycles. The lowest BCUT2D eigenvalue weighted by molar-refractivity contribution is -0.127. The first-order chi connectivity index (χ1) is 9.08. The molecular weight excluding hydrogens is 242 g/mol. The predicted octanol–water partition coefficient (Wildman–Crippen LogP) is 1.28. The fourth-order valence-electron chi connectivity index (χ4n) is 3.77. The second kappa shape index (κ2) is 4.63. The summed E-state index contributed by atoms with van der Waals surface area (Å²) in [6.45, 7) is 4.24. The summed E-state index contributed by atoms with van der Waals surface area (Å²) in [5.41, 5.74) is 8.00. The van der Waals surface area contributed by atoms with Crippen LogP contribution in [0.3, 0.4) is 0 Å². The Kier molecular flexibility index (Phi) is 3.09. The van der Waals surface area contributed by atoms with Crippen molar-refractivity contribution in [3.05, 3.63) is 17.0 Å². The number of nitrogens with zero attached hydrogens (tertiary/aromatic N) is 1. The molecule has 0 aliphatic heterocycles. The molecule has 2 aliphatic carbocycles. The Bertz CT molecular complexity index is 475. The molecule has 3 N–H and O–H groups in total. The van der Waals surface area contributed by atoms with Crippen molar-refractivity contribution in [3.8, 4) is 0 Å². The number of carbonyl (C=O) groups excluding carboxylic acids is 1. The van der Waals surface area contributed by atoms with Crippen LogP contribution in [0.4, 0.5) is 0 Å².